The molecule has 0 N–H and O–H groups in total. The second kappa shape index (κ2) is 4.47. The van der Waals surface area contributed by atoms with Crippen LogP contribution in [-0.4, -0.2) is 24.0 Å². The molecule has 0 amide bonds. The average Bonchev–Trinajstić information content (AvgIpc) is 3.31. The van der Waals surface area contributed by atoms with Gasteiger partial charge in [0.05, 0.1) is 0 Å². The van der Waals surface area contributed by atoms with Gasteiger partial charge in [-0.25, -0.2) is 9.98 Å². The van der Waals surface area contributed by atoms with Crippen molar-refractivity contribution in [2.45, 2.75) is 37.1 Å². The second-order valence-corrected chi connectivity index (χ2v) is 6.88. The van der Waals surface area contributed by atoms with Crippen LogP contribution in [0.25, 0.3) is 0 Å². The highest BCUT2D eigenvalue weighted by Gasteiger charge is 2.45. The van der Waals surface area contributed by atoms with Crippen LogP contribution in [0.3, 0.4) is 0 Å². The summed E-state index contributed by atoms with van der Waals surface area (Å²) in [6, 6.07) is 17.1. The van der Waals surface area contributed by atoms with Crippen LogP contribution in [0.5, 0.6) is 0 Å². The van der Waals surface area contributed by atoms with Crippen molar-refractivity contribution >= 4 is 11.8 Å². The molecule has 2 aromatic carbocycles. The topological polar surface area (TPSA) is 43.2 Å². The smallest absolute Gasteiger partial charge is 0.274 e. The van der Waals surface area contributed by atoms with E-state index in [0.29, 0.717) is 11.8 Å². The highest BCUT2D eigenvalue weighted by molar-refractivity contribution is 6.36. The average molecular weight is 316 g/mol. The Kier molecular flexibility index (Phi) is 2.38. The van der Waals surface area contributed by atoms with Crippen molar-refractivity contribution in [2.24, 2.45) is 9.98 Å². The zero-order valence-corrected chi connectivity index (χ0v) is 13.1. The molecule has 0 aromatic heterocycles. The standard InChI is InChI=1S/C20H16N2O2/c1-3-7-13-11(5-1)9-15-17(13)21-19(23-15)20-22-18-14-8-4-2-6-12(14)10-16(18)24-20/h1-8,15-18H,9-10H2/t15-,16?,17+,18+/m1/s1. The monoisotopic (exact) mass is 316 g/mol. The minimum Gasteiger partial charge on any atom is -0.468 e. The van der Waals surface area contributed by atoms with Crippen LogP contribution in [0.15, 0.2) is 58.5 Å². The van der Waals surface area contributed by atoms with E-state index >= 15 is 0 Å². The first-order valence-corrected chi connectivity index (χ1v) is 8.52. The van der Waals surface area contributed by atoms with E-state index in [0.717, 1.165) is 12.8 Å². The maximum atomic E-state index is 6.10. The Balaban J connectivity index is 1.34. The van der Waals surface area contributed by atoms with E-state index in [4.69, 9.17) is 19.5 Å². The number of ether oxygens (including phenoxy) is 2. The zero-order chi connectivity index (χ0) is 15.7. The molecule has 2 aromatic rings. The summed E-state index contributed by atoms with van der Waals surface area (Å²) in [4.78, 5) is 9.59. The number of hydrogen-bond donors (Lipinski definition) is 0. The van der Waals surface area contributed by atoms with Crippen LogP contribution in [0.4, 0.5) is 0 Å². The third-order valence-electron chi connectivity index (χ3n) is 5.52. The molecule has 0 saturated carbocycles. The lowest BCUT2D eigenvalue weighted by Gasteiger charge is -2.10. The molecule has 2 heterocycles. The molecule has 0 bridgehead atoms. The van der Waals surface area contributed by atoms with Crippen molar-refractivity contribution in [3.63, 3.8) is 0 Å². The van der Waals surface area contributed by atoms with Crippen LogP contribution in [-0.2, 0) is 22.3 Å². The highest BCUT2D eigenvalue weighted by atomic mass is 16.6. The molecule has 0 fully saturated rings. The fraction of sp³-hybridized carbons (Fsp3) is 0.300. The normalized spacial score (nSPS) is 31.3. The Labute approximate surface area is 139 Å². The summed E-state index contributed by atoms with van der Waals surface area (Å²) in [7, 11) is 0. The van der Waals surface area contributed by atoms with E-state index in [1.54, 1.807) is 0 Å². The first-order valence-electron chi connectivity index (χ1n) is 8.52. The summed E-state index contributed by atoms with van der Waals surface area (Å²) in [6.45, 7) is 0. The summed E-state index contributed by atoms with van der Waals surface area (Å²) in [6.07, 6.45) is 2.01. The van der Waals surface area contributed by atoms with Gasteiger partial charge in [0.15, 0.2) is 0 Å². The van der Waals surface area contributed by atoms with Gasteiger partial charge in [0, 0.05) is 12.8 Å². The SMILES string of the molecule is c1ccc2c(c1)CC1OC(C3=N[C@H]4c5ccccc5C[C@H]4O3)=N[C@@H]21. The van der Waals surface area contributed by atoms with Crippen molar-refractivity contribution in [1.29, 1.82) is 0 Å². The number of rotatable bonds is 1. The first kappa shape index (κ1) is 12.8. The van der Waals surface area contributed by atoms with Gasteiger partial charge in [-0.15, -0.1) is 0 Å². The Morgan fingerprint density at radius 3 is 1.62 bits per heavy atom. The summed E-state index contributed by atoms with van der Waals surface area (Å²) in [5.74, 6) is 1.18. The van der Waals surface area contributed by atoms with Gasteiger partial charge in [0.1, 0.15) is 24.3 Å². The van der Waals surface area contributed by atoms with Gasteiger partial charge in [-0.3, -0.25) is 0 Å². The number of nitrogens with zero attached hydrogens (tertiary/aromatic N) is 2. The molecule has 2 aliphatic heterocycles. The Morgan fingerprint density at radius 1 is 0.667 bits per heavy atom. The van der Waals surface area contributed by atoms with E-state index in [9.17, 15) is 0 Å². The fourth-order valence-corrected chi connectivity index (χ4v) is 4.40. The summed E-state index contributed by atoms with van der Waals surface area (Å²) < 4.78 is 12.2. The van der Waals surface area contributed by atoms with Crippen LogP contribution in [0.1, 0.15) is 34.3 Å². The molecule has 118 valence electrons. The molecule has 0 spiro atoms. The van der Waals surface area contributed by atoms with Crippen molar-refractivity contribution in [3.05, 3.63) is 70.8 Å². The van der Waals surface area contributed by atoms with Crippen LogP contribution in [0, 0.1) is 0 Å². The number of fused-ring (bicyclic) bond motifs is 6. The summed E-state index contributed by atoms with van der Waals surface area (Å²) >= 11 is 0. The van der Waals surface area contributed by atoms with Crippen molar-refractivity contribution in [1.82, 2.24) is 0 Å². The van der Waals surface area contributed by atoms with Gasteiger partial charge in [-0.05, 0) is 22.3 Å². The van der Waals surface area contributed by atoms with Gasteiger partial charge in [0.25, 0.3) is 11.8 Å². The first-order chi connectivity index (χ1) is 11.9. The third-order valence-corrected chi connectivity index (χ3v) is 5.52. The number of benzene rings is 2. The van der Waals surface area contributed by atoms with Gasteiger partial charge in [-0.2, -0.15) is 0 Å². The molecule has 0 radical (unpaired) electrons. The van der Waals surface area contributed by atoms with Gasteiger partial charge < -0.3 is 9.47 Å². The molecule has 2 aliphatic carbocycles. The molecule has 1 unspecified atom stereocenters. The van der Waals surface area contributed by atoms with Crippen molar-refractivity contribution in [2.75, 3.05) is 0 Å². The van der Waals surface area contributed by atoms with E-state index in [2.05, 4.69) is 48.5 Å². The van der Waals surface area contributed by atoms with E-state index in [1.165, 1.54) is 22.3 Å². The van der Waals surface area contributed by atoms with Crippen LogP contribution >= 0.6 is 0 Å². The molecule has 24 heavy (non-hydrogen) atoms. The fourth-order valence-electron chi connectivity index (χ4n) is 4.40. The lowest BCUT2D eigenvalue weighted by molar-refractivity contribution is 0.187. The molecule has 4 nitrogen and oxygen atoms in total. The Morgan fingerprint density at radius 2 is 1.12 bits per heavy atom. The quantitative estimate of drug-likeness (QED) is 0.811. The summed E-state index contributed by atoms with van der Waals surface area (Å²) in [5, 5.41) is 0. The summed E-state index contributed by atoms with van der Waals surface area (Å²) in [5.41, 5.74) is 5.24. The third kappa shape index (κ3) is 1.63. The van der Waals surface area contributed by atoms with Crippen molar-refractivity contribution in [3.8, 4) is 0 Å². The van der Waals surface area contributed by atoms with Crippen LogP contribution in [0.2, 0.25) is 0 Å². The Bertz CT molecular complexity index is 842. The van der Waals surface area contributed by atoms with E-state index in [1.807, 2.05) is 0 Å². The number of aliphatic imine (C=N–C) groups is 2. The minimum absolute atomic E-state index is 0.0928. The van der Waals surface area contributed by atoms with Gasteiger partial charge >= 0.3 is 0 Å². The molecule has 4 aliphatic rings. The lowest BCUT2D eigenvalue weighted by Crippen LogP contribution is -2.22. The molecule has 6 rings (SSSR count). The van der Waals surface area contributed by atoms with Crippen LogP contribution < -0.4 is 0 Å². The molecule has 0 saturated heterocycles. The predicted molar refractivity (Wildman–Crippen MR) is 90.4 cm³/mol. The second-order valence-electron chi connectivity index (χ2n) is 6.88. The molecular weight excluding hydrogens is 300 g/mol. The molecule has 4 heteroatoms. The van der Waals surface area contributed by atoms with Crippen molar-refractivity contribution < 1.29 is 9.47 Å². The zero-order valence-electron chi connectivity index (χ0n) is 13.1. The Hall–Kier alpha value is -2.62. The highest BCUT2D eigenvalue weighted by Crippen LogP contribution is 2.43. The van der Waals surface area contributed by atoms with E-state index < -0.39 is 0 Å². The van der Waals surface area contributed by atoms with E-state index in [-0.39, 0.29) is 24.3 Å². The predicted octanol–water partition coefficient (Wildman–Crippen LogP) is 3.18. The maximum absolute atomic E-state index is 6.10. The lowest BCUT2D eigenvalue weighted by atomic mass is 10.1. The largest absolute Gasteiger partial charge is 0.468 e. The maximum Gasteiger partial charge on any atom is 0.274 e. The van der Waals surface area contributed by atoms with Gasteiger partial charge in [0.2, 0.25) is 0 Å². The molecular formula is C20H16N2O2. The number of hydrogen-bond acceptors (Lipinski definition) is 4. The van der Waals surface area contributed by atoms with Gasteiger partial charge in [-0.1, -0.05) is 48.5 Å². The molecule has 4 atom stereocenters. The minimum atomic E-state index is 0.0928.